The SMILES string of the molecule is COc1ccc2c(c1OC)C(=O)O[C@H]2CC(=O)c1ccc2c(c1)OCO2. The first-order valence-electron chi connectivity index (χ1n) is 8.01. The van der Waals surface area contributed by atoms with Crippen molar-refractivity contribution in [2.75, 3.05) is 21.0 Å². The van der Waals surface area contributed by atoms with Crippen LogP contribution in [0.1, 0.15) is 38.8 Å². The molecule has 2 aromatic carbocycles. The Morgan fingerprint density at radius 1 is 1.12 bits per heavy atom. The van der Waals surface area contributed by atoms with Crippen molar-refractivity contribution in [1.29, 1.82) is 0 Å². The second-order valence-corrected chi connectivity index (χ2v) is 5.85. The third-order valence-electron chi connectivity index (χ3n) is 4.44. The average molecular weight is 356 g/mol. The van der Waals surface area contributed by atoms with Gasteiger partial charge in [0.1, 0.15) is 11.7 Å². The van der Waals surface area contributed by atoms with Crippen LogP contribution in [0.2, 0.25) is 0 Å². The normalized spacial score (nSPS) is 16.8. The largest absolute Gasteiger partial charge is 0.493 e. The summed E-state index contributed by atoms with van der Waals surface area (Å²) in [5.74, 6) is 1.20. The minimum Gasteiger partial charge on any atom is -0.493 e. The molecule has 0 aromatic heterocycles. The Labute approximate surface area is 149 Å². The molecule has 0 saturated carbocycles. The number of carbonyl (C=O) groups is 2. The van der Waals surface area contributed by atoms with E-state index in [0.717, 1.165) is 0 Å². The smallest absolute Gasteiger partial charge is 0.343 e. The van der Waals surface area contributed by atoms with E-state index in [2.05, 4.69) is 0 Å². The van der Waals surface area contributed by atoms with Crippen molar-refractivity contribution >= 4 is 11.8 Å². The predicted octanol–water partition coefficient (Wildman–Crippen LogP) is 2.92. The number of Topliss-reactive ketones (excluding diaryl/α,β-unsaturated/α-hetero) is 1. The van der Waals surface area contributed by atoms with Gasteiger partial charge in [0.05, 0.1) is 20.6 Å². The molecule has 2 aliphatic rings. The molecule has 2 aliphatic heterocycles. The summed E-state index contributed by atoms with van der Waals surface area (Å²) in [5, 5.41) is 0. The highest BCUT2D eigenvalue weighted by Gasteiger charge is 2.37. The lowest BCUT2D eigenvalue weighted by Crippen LogP contribution is -2.07. The van der Waals surface area contributed by atoms with Gasteiger partial charge in [0.15, 0.2) is 28.8 Å². The average Bonchev–Trinajstić information content (AvgIpc) is 3.25. The van der Waals surface area contributed by atoms with Crippen LogP contribution in [-0.4, -0.2) is 32.8 Å². The van der Waals surface area contributed by atoms with Gasteiger partial charge in [0, 0.05) is 11.1 Å². The van der Waals surface area contributed by atoms with Gasteiger partial charge in [0.25, 0.3) is 0 Å². The number of methoxy groups -OCH3 is 2. The molecule has 0 spiro atoms. The van der Waals surface area contributed by atoms with Gasteiger partial charge in [-0.2, -0.15) is 0 Å². The van der Waals surface area contributed by atoms with E-state index < -0.39 is 12.1 Å². The summed E-state index contributed by atoms with van der Waals surface area (Å²) in [6.07, 6.45) is -0.649. The number of hydrogen-bond acceptors (Lipinski definition) is 7. The first-order chi connectivity index (χ1) is 12.6. The monoisotopic (exact) mass is 356 g/mol. The zero-order valence-corrected chi connectivity index (χ0v) is 14.2. The molecule has 2 aromatic rings. The number of rotatable bonds is 5. The quantitative estimate of drug-likeness (QED) is 0.602. The van der Waals surface area contributed by atoms with E-state index in [1.54, 1.807) is 30.3 Å². The maximum Gasteiger partial charge on any atom is 0.343 e. The van der Waals surface area contributed by atoms with Crippen LogP contribution in [0.5, 0.6) is 23.0 Å². The van der Waals surface area contributed by atoms with Crippen LogP contribution in [0.15, 0.2) is 30.3 Å². The fourth-order valence-corrected chi connectivity index (χ4v) is 3.18. The molecule has 0 bridgehead atoms. The van der Waals surface area contributed by atoms with E-state index in [1.807, 2.05) is 0 Å². The molecule has 0 unspecified atom stereocenters. The molecule has 0 aliphatic carbocycles. The third kappa shape index (κ3) is 2.52. The Kier molecular flexibility index (Phi) is 3.91. The molecule has 0 saturated heterocycles. The molecule has 0 fully saturated rings. The van der Waals surface area contributed by atoms with Crippen molar-refractivity contribution in [3.05, 3.63) is 47.0 Å². The summed E-state index contributed by atoms with van der Waals surface area (Å²) in [6.45, 7) is 0.141. The van der Waals surface area contributed by atoms with E-state index in [9.17, 15) is 9.59 Å². The van der Waals surface area contributed by atoms with Crippen molar-refractivity contribution in [2.24, 2.45) is 0 Å². The second-order valence-electron chi connectivity index (χ2n) is 5.85. The van der Waals surface area contributed by atoms with Crippen molar-refractivity contribution in [3.63, 3.8) is 0 Å². The van der Waals surface area contributed by atoms with E-state index in [4.69, 9.17) is 23.7 Å². The molecule has 7 heteroatoms. The van der Waals surface area contributed by atoms with Crippen LogP contribution < -0.4 is 18.9 Å². The van der Waals surface area contributed by atoms with Crippen molar-refractivity contribution < 1.29 is 33.3 Å². The molecule has 134 valence electrons. The van der Waals surface area contributed by atoms with E-state index in [1.165, 1.54) is 14.2 Å². The highest BCUT2D eigenvalue weighted by molar-refractivity contribution is 6.01. The Morgan fingerprint density at radius 3 is 2.69 bits per heavy atom. The Morgan fingerprint density at radius 2 is 1.92 bits per heavy atom. The lowest BCUT2D eigenvalue weighted by molar-refractivity contribution is 0.0365. The summed E-state index contributed by atoms with van der Waals surface area (Å²) in [5.41, 5.74) is 1.39. The van der Waals surface area contributed by atoms with Gasteiger partial charge in [-0.15, -0.1) is 0 Å². The standard InChI is InChI=1S/C19H16O7/c1-22-14-6-4-11-15(26-19(21)17(11)18(14)23-2)8-12(20)10-3-5-13-16(7-10)25-9-24-13/h3-7,15H,8-9H2,1-2H3/t15-/m0/s1. The van der Waals surface area contributed by atoms with Crippen LogP contribution in [0.4, 0.5) is 0 Å². The molecule has 0 radical (unpaired) electrons. The Hall–Kier alpha value is -3.22. The van der Waals surface area contributed by atoms with Crippen LogP contribution >= 0.6 is 0 Å². The maximum atomic E-state index is 12.7. The van der Waals surface area contributed by atoms with Gasteiger partial charge in [-0.05, 0) is 24.3 Å². The summed E-state index contributed by atoms with van der Waals surface area (Å²) >= 11 is 0. The van der Waals surface area contributed by atoms with Crippen molar-refractivity contribution in [3.8, 4) is 23.0 Å². The molecule has 1 atom stereocenters. The first-order valence-corrected chi connectivity index (χ1v) is 8.01. The zero-order valence-electron chi connectivity index (χ0n) is 14.2. The zero-order chi connectivity index (χ0) is 18.3. The number of cyclic esters (lactones) is 1. The summed E-state index contributed by atoms with van der Waals surface area (Å²) in [4.78, 5) is 24.9. The lowest BCUT2D eigenvalue weighted by atomic mass is 9.97. The first kappa shape index (κ1) is 16.3. The van der Waals surface area contributed by atoms with Crippen LogP contribution in [0.3, 0.4) is 0 Å². The molecule has 26 heavy (non-hydrogen) atoms. The lowest BCUT2D eigenvalue weighted by Gasteiger charge is -2.12. The number of fused-ring (bicyclic) bond motifs is 2. The van der Waals surface area contributed by atoms with Gasteiger partial charge in [0.2, 0.25) is 6.79 Å². The van der Waals surface area contributed by atoms with Gasteiger partial charge in [-0.25, -0.2) is 4.79 Å². The van der Waals surface area contributed by atoms with E-state index in [-0.39, 0.29) is 19.0 Å². The molecule has 2 heterocycles. The van der Waals surface area contributed by atoms with Gasteiger partial charge in [-0.3, -0.25) is 4.79 Å². The number of ketones is 1. The van der Waals surface area contributed by atoms with Gasteiger partial charge >= 0.3 is 5.97 Å². The fraction of sp³-hybridized carbons (Fsp3) is 0.263. The predicted molar refractivity (Wildman–Crippen MR) is 89.2 cm³/mol. The number of ether oxygens (including phenoxy) is 5. The number of benzene rings is 2. The molecule has 0 amide bonds. The molecule has 4 rings (SSSR count). The summed E-state index contributed by atoms with van der Waals surface area (Å²) in [6, 6.07) is 8.41. The Balaban J connectivity index is 1.61. The van der Waals surface area contributed by atoms with Crippen molar-refractivity contribution in [2.45, 2.75) is 12.5 Å². The number of carbonyl (C=O) groups excluding carboxylic acids is 2. The fourth-order valence-electron chi connectivity index (χ4n) is 3.18. The molecule has 0 N–H and O–H groups in total. The summed E-state index contributed by atoms with van der Waals surface area (Å²) < 4.78 is 26.5. The van der Waals surface area contributed by atoms with Gasteiger partial charge in [-0.1, -0.05) is 6.07 Å². The van der Waals surface area contributed by atoms with E-state index >= 15 is 0 Å². The third-order valence-corrected chi connectivity index (χ3v) is 4.44. The van der Waals surface area contributed by atoms with Crippen LogP contribution in [0.25, 0.3) is 0 Å². The second kappa shape index (κ2) is 6.25. The maximum absolute atomic E-state index is 12.7. The minimum atomic E-state index is -0.671. The number of hydrogen-bond donors (Lipinski definition) is 0. The van der Waals surface area contributed by atoms with Gasteiger partial charge < -0.3 is 23.7 Å². The molecular weight excluding hydrogens is 340 g/mol. The number of esters is 1. The molecule has 7 nitrogen and oxygen atoms in total. The van der Waals surface area contributed by atoms with Crippen molar-refractivity contribution in [1.82, 2.24) is 0 Å². The van der Waals surface area contributed by atoms with E-state index in [0.29, 0.717) is 39.7 Å². The van der Waals surface area contributed by atoms with Crippen LogP contribution in [-0.2, 0) is 4.74 Å². The Bertz CT molecular complexity index is 903. The highest BCUT2D eigenvalue weighted by atomic mass is 16.7. The summed E-state index contributed by atoms with van der Waals surface area (Å²) in [7, 11) is 2.95. The highest BCUT2D eigenvalue weighted by Crippen LogP contribution is 2.43. The minimum absolute atomic E-state index is 0.0217. The topological polar surface area (TPSA) is 80.3 Å². The molecular formula is C19H16O7. The van der Waals surface area contributed by atoms with Crippen LogP contribution in [0, 0.1) is 0 Å².